The Morgan fingerprint density at radius 1 is 1.25 bits per heavy atom. The van der Waals surface area contributed by atoms with E-state index in [2.05, 4.69) is 19.3 Å². The minimum absolute atomic E-state index is 0.156. The summed E-state index contributed by atoms with van der Waals surface area (Å²) in [5.41, 5.74) is 3.95. The predicted octanol–water partition coefficient (Wildman–Crippen LogP) is 2.52. The van der Waals surface area contributed by atoms with Gasteiger partial charge in [-0.25, -0.2) is 0 Å². The lowest BCUT2D eigenvalue weighted by atomic mass is 10.0. The standard InChI is InChI=1S/C13H21NO2/c1-4-13(2,15-3)11-14-16-10-12-8-6-5-7-9-12/h5-9,14H,4,10-11H2,1-3H3. The molecule has 0 heterocycles. The average molecular weight is 223 g/mol. The Balaban J connectivity index is 2.22. The zero-order valence-electron chi connectivity index (χ0n) is 10.3. The van der Waals surface area contributed by atoms with Crippen molar-refractivity contribution in [2.75, 3.05) is 13.7 Å². The number of hydrogen-bond donors (Lipinski definition) is 1. The third kappa shape index (κ3) is 4.31. The molecule has 1 aromatic rings. The fraction of sp³-hybridized carbons (Fsp3) is 0.538. The molecule has 3 heteroatoms. The summed E-state index contributed by atoms with van der Waals surface area (Å²) in [5, 5.41) is 0. The lowest BCUT2D eigenvalue weighted by molar-refractivity contribution is -0.0535. The smallest absolute Gasteiger partial charge is 0.0933 e. The van der Waals surface area contributed by atoms with Crippen molar-refractivity contribution in [3.63, 3.8) is 0 Å². The largest absolute Gasteiger partial charge is 0.377 e. The van der Waals surface area contributed by atoms with Crippen LogP contribution in [0, 0.1) is 0 Å². The van der Waals surface area contributed by atoms with Crippen LogP contribution in [0.3, 0.4) is 0 Å². The molecule has 3 nitrogen and oxygen atoms in total. The molecule has 1 rings (SSSR count). The van der Waals surface area contributed by atoms with Gasteiger partial charge in [0, 0.05) is 13.7 Å². The van der Waals surface area contributed by atoms with Crippen molar-refractivity contribution in [1.29, 1.82) is 0 Å². The van der Waals surface area contributed by atoms with Crippen LogP contribution in [0.4, 0.5) is 0 Å². The molecule has 0 saturated carbocycles. The third-order valence-electron chi connectivity index (χ3n) is 2.87. The molecular weight excluding hydrogens is 202 g/mol. The van der Waals surface area contributed by atoms with E-state index in [1.807, 2.05) is 30.3 Å². The number of hydrogen-bond acceptors (Lipinski definition) is 3. The number of nitrogens with one attached hydrogen (secondary N) is 1. The Hall–Kier alpha value is -0.900. The van der Waals surface area contributed by atoms with Crippen LogP contribution in [-0.4, -0.2) is 19.3 Å². The van der Waals surface area contributed by atoms with Crippen LogP contribution in [0.1, 0.15) is 25.8 Å². The van der Waals surface area contributed by atoms with E-state index in [-0.39, 0.29) is 5.60 Å². The second-order valence-corrected chi connectivity index (χ2v) is 4.10. The van der Waals surface area contributed by atoms with Crippen molar-refractivity contribution < 1.29 is 9.57 Å². The minimum Gasteiger partial charge on any atom is -0.377 e. The lowest BCUT2D eigenvalue weighted by Crippen LogP contribution is -2.39. The van der Waals surface area contributed by atoms with Gasteiger partial charge in [-0.2, -0.15) is 5.48 Å². The lowest BCUT2D eigenvalue weighted by Gasteiger charge is -2.26. The molecule has 1 aromatic carbocycles. The van der Waals surface area contributed by atoms with Crippen molar-refractivity contribution in [3.8, 4) is 0 Å². The van der Waals surface area contributed by atoms with E-state index in [4.69, 9.17) is 9.57 Å². The summed E-state index contributed by atoms with van der Waals surface area (Å²) in [6, 6.07) is 10.1. The first-order valence-corrected chi connectivity index (χ1v) is 5.64. The van der Waals surface area contributed by atoms with Crippen molar-refractivity contribution in [2.24, 2.45) is 0 Å². The van der Waals surface area contributed by atoms with Gasteiger partial charge in [0.25, 0.3) is 0 Å². The monoisotopic (exact) mass is 223 g/mol. The molecule has 0 aromatic heterocycles. The molecular formula is C13H21NO2. The number of ether oxygens (including phenoxy) is 1. The summed E-state index contributed by atoms with van der Waals surface area (Å²) in [7, 11) is 1.72. The molecule has 0 amide bonds. The number of benzene rings is 1. The molecule has 0 aliphatic heterocycles. The van der Waals surface area contributed by atoms with Gasteiger partial charge < -0.3 is 4.74 Å². The molecule has 1 unspecified atom stereocenters. The van der Waals surface area contributed by atoms with Crippen LogP contribution in [-0.2, 0) is 16.2 Å². The summed E-state index contributed by atoms with van der Waals surface area (Å²) in [6.07, 6.45) is 0.950. The fourth-order valence-corrected chi connectivity index (χ4v) is 1.25. The van der Waals surface area contributed by atoms with Crippen LogP contribution >= 0.6 is 0 Å². The topological polar surface area (TPSA) is 30.5 Å². The van der Waals surface area contributed by atoms with Gasteiger partial charge >= 0.3 is 0 Å². The van der Waals surface area contributed by atoms with E-state index in [0.29, 0.717) is 13.2 Å². The highest BCUT2D eigenvalue weighted by Crippen LogP contribution is 2.12. The first kappa shape index (κ1) is 13.2. The SMILES string of the molecule is CCC(C)(CNOCc1ccccc1)OC. The highest BCUT2D eigenvalue weighted by Gasteiger charge is 2.20. The number of methoxy groups -OCH3 is 1. The van der Waals surface area contributed by atoms with Gasteiger partial charge in [0.1, 0.15) is 0 Å². The summed E-state index contributed by atoms with van der Waals surface area (Å²) < 4.78 is 5.40. The second kappa shape index (κ2) is 6.63. The van der Waals surface area contributed by atoms with Crippen LogP contribution in [0.5, 0.6) is 0 Å². The molecule has 1 atom stereocenters. The highest BCUT2D eigenvalue weighted by molar-refractivity contribution is 5.13. The maximum absolute atomic E-state index is 5.40. The first-order chi connectivity index (χ1) is 7.70. The van der Waals surface area contributed by atoms with E-state index in [0.717, 1.165) is 12.0 Å². The zero-order chi connectivity index (χ0) is 11.9. The minimum atomic E-state index is -0.156. The maximum Gasteiger partial charge on any atom is 0.0933 e. The summed E-state index contributed by atoms with van der Waals surface area (Å²) in [6.45, 7) is 5.42. The maximum atomic E-state index is 5.40. The Bertz CT molecular complexity index is 283. The normalized spacial score (nSPS) is 14.7. The molecule has 0 aliphatic rings. The molecule has 0 aliphatic carbocycles. The van der Waals surface area contributed by atoms with Crippen molar-refractivity contribution in [2.45, 2.75) is 32.5 Å². The Kier molecular flexibility index (Phi) is 5.46. The van der Waals surface area contributed by atoms with Crippen LogP contribution in [0.25, 0.3) is 0 Å². The highest BCUT2D eigenvalue weighted by atomic mass is 16.6. The van der Waals surface area contributed by atoms with Gasteiger partial charge in [0.05, 0.1) is 12.2 Å². The molecule has 1 N–H and O–H groups in total. The number of rotatable bonds is 7. The zero-order valence-corrected chi connectivity index (χ0v) is 10.3. The third-order valence-corrected chi connectivity index (χ3v) is 2.87. The van der Waals surface area contributed by atoms with Gasteiger partial charge in [-0.1, -0.05) is 37.3 Å². The molecule has 0 radical (unpaired) electrons. The summed E-state index contributed by atoms with van der Waals surface area (Å²) >= 11 is 0. The quantitative estimate of drug-likeness (QED) is 0.569. The van der Waals surface area contributed by atoms with Gasteiger partial charge in [-0.05, 0) is 18.9 Å². The molecule has 0 fully saturated rings. The van der Waals surface area contributed by atoms with E-state index in [1.54, 1.807) is 7.11 Å². The van der Waals surface area contributed by atoms with Gasteiger partial charge in [-0.15, -0.1) is 0 Å². The predicted molar refractivity (Wildman–Crippen MR) is 64.9 cm³/mol. The van der Waals surface area contributed by atoms with Crippen molar-refractivity contribution in [3.05, 3.63) is 35.9 Å². The van der Waals surface area contributed by atoms with E-state index >= 15 is 0 Å². The molecule has 16 heavy (non-hydrogen) atoms. The molecule has 0 bridgehead atoms. The van der Waals surface area contributed by atoms with Gasteiger partial charge in [0.15, 0.2) is 0 Å². The number of hydroxylamine groups is 1. The van der Waals surface area contributed by atoms with E-state index < -0.39 is 0 Å². The second-order valence-electron chi connectivity index (χ2n) is 4.10. The van der Waals surface area contributed by atoms with Crippen LogP contribution < -0.4 is 5.48 Å². The van der Waals surface area contributed by atoms with Gasteiger partial charge in [-0.3, -0.25) is 4.84 Å². The van der Waals surface area contributed by atoms with Crippen LogP contribution in [0.15, 0.2) is 30.3 Å². The fourth-order valence-electron chi connectivity index (χ4n) is 1.25. The summed E-state index contributed by atoms with van der Waals surface area (Å²) in [4.78, 5) is 5.39. The average Bonchev–Trinajstić information content (AvgIpc) is 2.36. The van der Waals surface area contributed by atoms with Crippen LogP contribution in [0.2, 0.25) is 0 Å². The van der Waals surface area contributed by atoms with Crippen molar-refractivity contribution >= 4 is 0 Å². The van der Waals surface area contributed by atoms with E-state index in [1.165, 1.54) is 0 Å². The van der Waals surface area contributed by atoms with E-state index in [9.17, 15) is 0 Å². The van der Waals surface area contributed by atoms with Gasteiger partial charge in [0.2, 0.25) is 0 Å². The summed E-state index contributed by atoms with van der Waals surface area (Å²) in [5.74, 6) is 0. The molecule has 90 valence electrons. The Morgan fingerprint density at radius 3 is 2.50 bits per heavy atom. The Labute approximate surface area is 97.7 Å². The molecule has 0 saturated heterocycles. The Morgan fingerprint density at radius 2 is 1.94 bits per heavy atom. The first-order valence-electron chi connectivity index (χ1n) is 5.64. The van der Waals surface area contributed by atoms with Crippen molar-refractivity contribution in [1.82, 2.24) is 5.48 Å². The molecule has 0 spiro atoms.